The molecule has 4 aromatic heterocycles. The van der Waals surface area contributed by atoms with Gasteiger partial charge in [-0.3, -0.25) is 9.55 Å². The number of para-hydroxylation sites is 4. The summed E-state index contributed by atoms with van der Waals surface area (Å²) in [4.78, 5) is 9.77. The molecule has 248 valence electrons. The van der Waals surface area contributed by atoms with Crippen molar-refractivity contribution in [1.29, 1.82) is 0 Å². The van der Waals surface area contributed by atoms with Gasteiger partial charge in [-0.05, 0) is 107 Å². The van der Waals surface area contributed by atoms with Crippen LogP contribution in [-0.4, -0.2) is 14.5 Å². The minimum atomic E-state index is 0.859. The Morgan fingerprint density at radius 3 is 1.62 bits per heavy atom. The van der Waals surface area contributed by atoms with Crippen molar-refractivity contribution in [3.63, 3.8) is 0 Å². The Bertz CT molecular complexity index is 3190. The zero-order valence-corrected chi connectivity index (χ0v) is 28.4. The molecule has 0 amide bonds. The SMILES string of the molecule is c1ccc(-n2c(-c3cncc(-c4cccc(-c5ccc6oc7ccc(-c8ccc9oc%10ccccc%10c9c8)cc7c6c5)c4)c3)nc3ccccc32)cc1. The van der Waals surface area contributed by atoms with Crippen molar-refractivity contribution in [3.8, 4) is 50.5 Å². The summed E-state index contributed by atoms with van der Waals surface area (Å²) in [7, 11) is 0. The van der Waals surface area contributed by atoms with E-state index < -0.39 is 0 Å². The normalized spacial score (nSPS) is 11.8. The van der Waals surface area contributed by atoms with Crippen LogP contribution in [0.5, 0.6) is 0 Å². The molecular weight excluding hydrogens is 651 g/mol. The first-order valence-corrected chi connectivity index (χ1v) is 17.7. The Labute approximate surface area is 304 Å². The summed E-state index contributed by atoms with van der Waals surface area (Å²) in [5.41, 5.74) is 14.2. The van der Waals surface area contributed by atoms with E-state index in [1.54, 1.807) is 0 Å². The van der Waals surface area contributed by atoms with Crippen LogP contribution in [-0.2, 0) is 0 Å². The molecule has 0 spiro atoms. The maximum absolute atomic E-state index is 6.33. The third-order valence-corrected chi connectivity index (χ3v) is 10.3. The third kappa shape index (κ3) is 4.86. The van der Waals surface area contributed by atoms with Gasteiger partial charge in [-0.15, -0.1) is 0 Å². The largest absolute Gasteiger partial charge is 0.456 e. The summed E-state index contributed by atoms with van der Waals surface area (Å²) in [6, 6.07) is 57.0. The monoisotopic (exact) mass is 679 g/mol. The van der Waals surface area contributed by atoms with Crippen molar-refractivity contribution in [2.45, 2.75) is 0 Å². The summed E-state index contributed by atoms with van der Waals surface area (Å²) < 4.78 is 14.6. The fourth-order valence-electron chi connectivity index (χ4n) is 7.70. The molecule has 53 heavy (non-hydrogen) atoms. The van der Waals surface area contributed by atoms with Gasteiger partial charge in [0.2, 0.25) is 0 Å². The molecule has 0 aliphatic rings. The molecule has 0 N–H and O–H groups in total. The van der Waals surface area contributed by atoms with Crippen LogP contribution in [0, 0.1) is 0 Å². The zero-order chi connectivity index (χ0) is 34.9. The highest BCUT2D eigenvalue weighted by atomic mass is 16.3. The Hall–Kier alpha value is -7.24. The highest BCUT2D eigenvalue weighted by Gasteiger charge is 2.16. The topological polar surface area (TPSA) is 57.0 Å². The number of nitrogens with zero attached hydrogens (tertiary/aromatic N) is 3. The van der Waals surface area contributed by atoms with Crippen molar-refractivity contribution in [3.05, 3.63) is 176 Å². The van der Waals surface area contributed by atoms with E-state index in [0.29, 0.717) is 0 Å². The molecule has 11 rings (SSSR count). The Kier molecular flexibility index (Phi) is 6.48. The predicted octanol–water partition coefficient (Wildman–Crippen LogP) is 12.9. The summed E-state index contributed by atoms with van der Waals surface area (Å²) in [5, 5.41) is 4.42. The van der Waals surface area contributed by atoms with E-state index >= 15 is 0 Å². The minimum absolute atomic E-state index is 0.859. The van der Waals surface area contributed by atoms with Crippen molar-refractivity contribution in [1.82, 2.24) is 14.5 Å². The molecule has 4 heterocycles. The number of aromatic nitrogens is 3. The van der Waals surface area contributed by atoms with Crippen molar-refractivity contribution < 1.29 is 8.83 Å². The second kappa shape index (κ2) is 11.7. The molecule has 0 fully saturated rings. The van der Waals surface area contributed by atoms with Crippen LogP contribution in [0.25, 0.3) is 105 Å². The van der Waals surface area contributed by atoms with Gasteiger partial charge in [0.25, 0.3) is 0 Å². The van der Waals surface area contributed by atoms with Gasteiger partial charge in [-0.25, -0.2) is 4.98 Å². The standard InChI is InChI=1S/C48H29N3O2/c1-2-11-37(12-3-1)51-43-15-6-5-14-42(43)50-48(51)36-24-35(28-49-29-36)31-10-8-9-30(23-31)32-17-21-46-40(26-32)41-27-34(19-22-47(41)53-46)33-18-20-45-39(25-33)38-13-4-7-16-44(38)52-45/h1-29H. The maximum Gasteiger partial charge on any atom is 0.147 e. The number of hydrogen-bond donors (Lipinski definition) is 0. The molecular formula is C48H29N3O2. The van der Waals surface area contributed by atoms with Crippen LogP contribution in [0.1, 0.15) is 0 Å². The molecule has 5 nitrogen and oxygen atoms in total. The van der Waals surface area contributed by atoms with Gasteiger partial charge in [0.15, 0.2) is 0 Å². The van der Waals surface area contributed by atoms with Gasteiger partial charge < -0.3 is 8.83 Å². The molecule has 5 heteroatoms. The number of pyridine rings is 1. The van der Waals surface area contributed by atoms with Crippen LogP contribution in [0.4, 0.5) is 0 Å². The maximum atomic E-state index is 6.33. The van der Waals surface area contributed by atoms with Crippen LogP contribution in [0.2, 0.25) is 0 Å². The molecule has 11 aromatic rings. The van der Waals surface area contributed by atoms with Gasteiger partial charge in [-0.1, -0.05) is 84.9 Å². The lowest BCUT2D eigenvalue weighted by Crippen LogP contribution is -1.98. The molecule has 0 radical (unpaired) electrons. The van der Waals surface area contributed by atoms with Gasteiger partial charge >= 0.3 is 0 Å². The fraction of sp³-hybridized carbons (Fsp3) is 0. The number of furan rings is 2. The van der Waals surface area contributed by atoms with E-state index in [0.717, 1.165) is 105 Å². The minimum Gasteiger partial charge on any atom is -0.456 e. The van der Waals surface area contributed by atoms with E-state index in [4.69, 9.17) is 18.8 Å². The van der Waals surface area contributed by atoms with E-state index in [9.17, 15) is 0 Å². The molecule has 0 aliphatic heterocycles. The smallest absolute Gasteiger partial charge is 0.147 e. The third-order valence-electron chi connectivity index (χ3n) is 10.3. The summed E-state index contributed by atoms with van der Waals surface area (Å²) in [6.45, 7) is 0. The molecule has 0 saturated carbocycles. The number of hydrogen-bond acceptors (Lipinski definition) is 4. The van der Waals surface area contributed by atoms with Gasteiger partial charge in [0.1, 0.15) is 28.2 Å². The predicted molar refractivity (Wildman–Crippen MR) is 215 cm³/mol. The first-order chi connectivity index (χ1) is 26.2. The Balaban J connectivity index is 0.975. The van der Waals surface area contributed by atoms with Crippen LogP contribution in [0.15, 0.2) is 185 Å². The van der Waals surface area contributed by atoms with Gasteiger partial charge in [0.05, 0.1) is 11.0 Å². The van der Waals surface area contributed by atoms with E-state index in [1.165, 1.54) is 0 Å². The lowest BCUT2D eigenvalue weighted by Gasteiger charge is -2.11. The highest BCUT2D eigenvalue weighted by Crippen LogP contribution is 2.38. The lowest BCUT2D eigenvalue weighted by atomic mass is 9.97. The van der Waals surface area contributed by atoms with E-state index in [-0.39, 0.29) is 0 Å². The molecule has 0 aliphatic carbocycles. The fourth-order valence-corrected chi connectivity index (χ4v) is 7.70. The molecule has 0 unspecified atom stereocenters. The van der Waals surface area contributed by atoms with Crippen molar-refractivity contribution in [2.24, 2.45) is 0 Å². The zero-order valence-electron chi connectivity index (χ0n) is 28.4. The average molecular weight is 680 g/mol. The number of benzene rings is 7. The number of fused-ring (bicyclic) bond motifs is 7. The van der Waals surface area contributed by atoms with Gasteiger partial charge in [0, 0.05) is 50.8 Å². The quantitative estimate of drug-likeness (QED) is 0.182. The first-order valence-electron chi connectivity index (χ1n) is 17.7. The Morgan fingerprint density at radius 1 is 0.377 bits per heavy atom. The van der Waals surface area contributed by atoms with E-state index in [2.05, 4.69) is 144 Å². The highest BCUT2D eigenvalue weighted by molar-refractivity contribution is 6.09. The molecule has 0 saturated heterocycles. The lowest BCUT2D eigenvalue weighted by molar-refractivity contribution is 0.668. The van der Waals surface area contributed by atoms with E-state index in [1.807, 2.05) is 36.7 Å². The van der Waals surface area contributed by atoms with Crippen molar-refractivity contribution >= 4 is 54.9 Å². The summed E-state index contributed by atoms with van der Waals surface area (Å²) in [5.74, 6) is 0.859. The molecule has 0 bridgehead atoms. The van der Waals surface area contributed by atoms with Gasteiger partial charge in [-0.2, -0.15) is 0 Å². The second-order valence-electron chi connectivity index (χ2n) is 13.5. The average Bonchev–Trinajstić information content (AvgIpc) is 3.92. The Morgan fingerprint density at radius 2 is 0.906 bits per heavy atom. The van der Waals surface area contributed by atoms with Crippen LogP contribution < -0.4 is 0 Å². The number of rotatable bonds is 5. The molecule has 0 atom stereocenters. The number of imidazole rings is 1. The summed E-state index contributed by atoms with van der Waals surface area (Å²) in [6.07, 6.45) is 3.83. The van der Waals surface area contributed by atoms with Crippen LogP contribution in [0.3, 0.4) is 0 Å². The first kappa shape index (κ1) is 29.5. The summed E-state index contributed by atoms with van der Waals surface area (Å²) >= 11 is 0. The molecule has 7 aromatic carbocycles. The van der Waals surface area contributed by atoms with Crippen molar-refractivity contribution in [2.75, 3.05) is 0 Å². The second-order valence-corrected chi connectivity index (χ2v) is 13.5. The van der Waals surface area contributed by atoms with Crippen LogP contribution >= 0.6 is 0 Å².